The maximum absolute atomic E-state index is 15.1. The van der Waals surface area contributed by atoms with E-state index in [1.54, 1.807) is 107 Å². The number of hydrogen-bond donors (Lipinski definition) is 0. The van der Waals surface area contributed by atoms with E-state index in [2.05, 4.69) is 38.6 Å². The number of anilines is 4. The topological polar surface area (TPSA) is 153 Å². The first kappa shape index (κ1) is 55.8. The zero-order valence-electron chi connectivity index (χ0n) is 48.2. The normalized spacial score (nSPS) is 15.1. The van der Waals surface area contributed by atoms with Gasteiger partial charge >= 0.3 is 0 Å². The van der Waals surface area contributed by atoms with Crippen LogP contribution in [-0.2, 0) is 0 Å². The molecule has 12 rings (SSSR count). The summed E-state index contributed by atoms with van der Waals surface area (Å²) in [6, 6.07) is 44.4. The van der Waals surface area contributed by atoms with E-state index in [4.69, 9.17) is 11.3 Å². The monoisotopic (exact) mass is 1120 g/mol. The molecule has 2 heterocycles. The Labute approximate surface area is 494 Å². The third-order valence-corrected chi connectivity index (χ3v) is 17.6. The van der Waals surface area contributed by atoms with Crippen LogP contribution in [0.3, 0.4) is 0 Å². The van der Waals surface area contributed by atoms with Crippen LogP contribution in [0.4, 0.5) is 28.4 Å². The summed E-state index contributed by atoms with van der Waals surface area (Å²) in [5.41, 5.74) is 6.15. The second kappa shape index (κ2) is 23.1. The third-order valence-electron chi connectivity index (χ3n) is 17.6. The molecule has 0 spiro atoms. The van der Waals surface area contributed by atoms with E-state index in [1.807, 2.05) is 48.5 Å². The Balaban J connectivity index is 0.796. The zero-order chi connectivity index (χ0) is 59.2. The highest BCUT2D eigenvalue weighted by molar-refractivity contribution is 6.39. The van der Waals surface area contributed by atoms with Gasteiger partial charge in [0.25, 0.3) is 35.4 Å². The largest absolute Gasteiger partial charge is 0.457 e. The zero-order valence-corrected chi connectivity index (χ0v) is 48.2. The molecule has 0 N–H and O–H groups in total. The molecule has 2 aliphatic heterocycles. The number of rotatable bonds is 16. The molecule has 424 valence electrons. The molecule has 13 heteroatoms. The summed E-state index contributed by atoms with van der Waals surface area (Å²) < 4.78 is 6.37. The van der Waals surface area contributed by atoms with Crippen LogP contribution in [0.15, 0.2) is 146 Å². The molecule has 2 aliphatic carbocycles. The summed E-state index contributed by atoms with van der Waals surface area (Å²) in [7, 11) is 0. The fourth-order valence-electron chi connectivity index (χ4n) is 13.0. The van der Waals surface area contributed by atoms with Gasteiger partial charge in [-0.1, -0.05) is 89.8 Å². The van der Waals surface area contributed by atoms with Gasteiger partial charge in [0.05, 0.1) is 29.6 Å². The summed E-state index contributed by atoms with van der Waals surface area (Å²) in [5, 5.41) is 11.6. The lowest BCUT2D eigenvalue weighted by molar-refractivity contribution is 0.0877. The number of ether oxygens (including phenoxy) is 1. The maximum atomic E-state index is 15.1. The van der Waals surface area contributed by atoms with E-state index in [1.165, 1.54) is 46.6 Å². The fraction of sp³-hybridized carbons (Fsp3) is 0.278. The molecule has 2 saturated carbocycles. The molecule has 0 radical (unpaired) electrons. The first-order chi connectivity index (χ1) is 41.2. The first-order valence-corrected chi connectivity index (χ1v) is 29.7. The van der Waals surface area contributed by atoms with Crippen LogP contribution in [0.1, 0.15) is 183 Å². The first-order valence-electron chi connectivity index (χ1n) is 29.7. The standard InChI is InChI=1S/C72H64N6O7/c1-43(2)38-40-75(67(79)56-32-33-58-64-57(31-18-49(42-73)63(56)64)69(81)77(70(58)82)52-19-14-47(15-20-52)45-10-6-7-11-45)50-23-27-54(28-24-50)85-55-29-25-51(26-30-55)76(41-39-44(3)4)68(80)61-35-34-59-65-60(36-37-62(74-5)66(61)65)72(84)78(71(59)83)53-21-16-48(17-22-53)46-12-8-9-13-46/h14-37,43-46H,6-13,38-41H2,1-4H3. The van der Waals surface area contributed by atoms with Crippen molar-refractivity contribution in [2.75, 3.05) is 32.7 Å². The van der Waals surface area contributed by atoms with Gasteiger partial charge in [0.2, 0.25) is 0 Å². The van der Waals surface area contributed by atoms with Crippen molar-refractivity contribution in [3.05, 3.63) is 207 Å². The average Bonchev–Trinajstić information content (AvgIpc) is 1.19. The van der Waals surface area contributed by atoms with Gasteiger partial charge in [-0.15, -0.1) is 0 Å². The van der Waals surface area contributed by atoms with Crippen LogP contribution in [0.2, 0.25) is 0 Å². The van der Waals surface area contributed by atoms with Crippen LogP contribution in [0.5, 0.6) is 11.5 Å². The number of hydrogen-bond acceptors (Lipinski definition) is 8. The van der Waals surface area contributed by atoms with Gasteiger partial charge in [0.1, 0.15) is 11.5 Å². The SMILES string of the molecule is [C-]#[N+]c1ccc2c3c(ccc(C(=O)N(CCC(C)C)c4ccc(Oc5ccc(N(CCC(C)C)C(=O)c6ccc7c8c(ccc(C#N)c68)C(=O)N(c6ccc(C8CCCC8)cc6)C7=O)cc5)cc4)c13)C(=O)N(c1ccc(C3CCCC3)cc1)C2=O. The van der Waals surface area contributed by atoms with Crippen molar-refractivity contribution >= 4 is 85.4 Å². The molecule has 0 aromatic heterocycles. The summed E-state index contributed by atoms with van der Waals surface area (Å²) in [5.74, 6) is -0.500. The van der Waals surface area contributed by atoms with Crippen molar-refractivity contribution in [3.8, 4) is 17.6 Å². The summed E-state index contributed by atoms with van der Waals surface area (Å²) in [6.07, 6.45) is 10.6. The minimum Gasteiger partial charge on any atom is -0.457 e. The predicted molar refractivity (Wildman–Crippen MR) is 332 cm³/mol. The van der Waals surface area contributed by atoms with Gasteiger partial charge in [0, 0.05) is 74.0 Å². The number of carbonyl (C=O) groups is 6. The van der Waals surface area contributed by atoms with Gasteiger partial charge in [-0.05, 0) is 188 Å². The Morgan fingerprint density at radius 3 is 1.28 bits per heavy atom. The lowest BCUT2D eigenvalue weighted by Crippen LogP contribution is -2.41. The highest BCUT2D eigenvalue weighted by Gasteiger charge is 2.39. The summed E-state index contributed by atoms with van der Waals surface area (Å²) in [4.78, 5) is 97.0. The molecule has 85 heavy (non-hydrogen) atoms. The molecule has 0 atom stereocenters. The number of carbonyl (C=O) groups excluding carboxylic acids is 6. The Morgan fingerprint density at radius 2 is 0.894 bits per heavy atom. The quantitative estimate of drug-likeness (QED) is 0.0685. The van der Waals surface area contributed by atoms with Crippen LogP contribution in [-0.4, -0.2) is 48.5 Å². The van der Waals surface area contributed by atoms with Crippen molar-refractivity contribution in [3.63, 3.8) is 0 Å². The van der Waals surface area contributed by atoms with E-state index < -0.39 is 29.5 Å². The highest BCUT2D eigenvalue weighted by Crippen LogP contribution is 2.43. The Hall–Kier alpha value is -9.72. The van der Waals surface area contributed by atoms with Crippen molar-refractivity contribution < 1.29 is 33.5 Å². The van der Waals surface area contributed by atoms with Crippen molar-refractivity contribution in [1.82, 2.24) is 0 Å². The Bertz CT molecular complexity index is 3800. The maximum Gasteiger partial charge on any atom is 0.265 e. The number of benzene rings is 8. The van der Waals surface area contributed by atoms with Gasteiger partial charge in [-0.25, -0.2) is 14.6 Å². The molecular formula is C72H64N6O7. The third kappa shape index (κ3) is 10.3. The van der Waals surface area contributed by atoms with E-state index in [9.17, 15) is 24.4 Å². The van der Waals surface area contributed by atoms with Gasteiger partial charge in [0.15, 0.2) is 5.69 Å². The lowest BCUT2D eigenvalue weighted by Gasteiger charge is -2.29. The molecule has 2 fully saturated rings. The van der Waals surface area contributed by atoms with Gasteiger partial charge < -0.3 is 14.5 Å². The minimum absolute atomic E-state index is 0.160. The molecule has 4 aliphatic rings. The molecule has 13 nitrogen and oxygen atoms in total. The summed E-state index contributed by atoms with van der Waals surface area (Å²) in [6.45, 7) is 17.1. The molecule has 0 bridgehead atoms. The van der Waals surface area contributed by atoms with Crippen LogP contribution < -0.4 is 24.3 Å². The van der Waals surface area contributed by atoms with Crippen molar-refractivity contribution in [1.29, 1.82) is 5.26 Å². The minimum atomic E-state index is -0.522. The fourth-order valence-corrected chi connectivity index (χ4v) is 13.0. The van der Waals surface area contributed by atoms with Gasteiger partial charge in [-0.2, -0.15) is 5.26 Å². The second-order valence-corrected chi connectivity index (χ2v) is 23.7. The Morgan fingerprint density at radius 1 is 0.518 bits per heavy atom. The second-order valence-electron chi connectivity index (χ2n) is 23.7. The highest BCUT2D eigenvalue weighted by atomic mass is 16.5. The molecule has 8 aromatic carbocycles. The number of nitriles is 1. The summed E-state index contributed by atoms with van der Waals surface area (Å²) >= 11 is 0. The van der Waals surface area contributed by atoms with E-state index in [0.29, 0.717) is 77.4 Å². The van der Waals surface area contributed by atoms with Crippen LogP contribution in [0, 0.1) is 29.7 Å². The Kier molecular flexibility index (Phi) is 15.2. The smallest absolute Gasteiger partial charge is 0.265 e. The van der Waals surface area contributed by atoms with Crippen LogP contribution in [0.25, 0.3) is 26.4 Å². The van der Waals surface area contributed by atoms with E-state index in [-0.39, 0.29) is 78.5 Å². The molecule has 0 unspecified atom stereocenters. The van der Waals surface area contributed by atoms with E-state index >= 15 is 9.59 Å². The van der Waals surface area contributed by atoms with Crippen LogP contribution >= 0.6 is 0 Å². The molecule has 8 aromatic rings. The number of amides is 6. The molecule has 6 amide bonds. The van der Waals surface area contributed by atoms with Crippen molar-refractivity contribution in [2.45, 2.75) is 104 Å². The lowest BCUT2D eigenvalue weighted by atomic mass is 9.88. The predicted octanol–water partition coefficient (Wildman–Crippen LogP) is 16.5. The number of imide groups is 2. The number of nitrogens with zero attached hydrogens (tertiary/aromatic N) is 6. The molecule has 0 saturated heterocycles. The van der Waals surface area contributed by atoms with E-state index in [0.717, 1.165) is 25.7 Å². The molecular weight excluding hydrogens is 1060 g/mol. The van der Waals surface area contributed by atoms with Gasteiger partial charge in [-0.3, -0.25) is 28.8 Å². The van der Waals surface area contributed by atoms with Crippen molar-refractivity contribution in [2.24, 2.45) is 11.8 Å². The average molecular weight is 1130 g/mol.